The average Bonchev–Trinajstić information content (AvgIpc) is 3.37. The quantitative estimate of drug-likeness (QED) is 0.0320. The number of nitrogens with one attached hydrogen (secondary N) is 1. The Labute approximate surface area is 444 Å². The van der Waals surface area contributed by atoms with E-state index in [-0.39, 0.29) is 18.5 Å². The molecular weight excluding hydrogens is 875 g/mol. The summed E-state index contributed by atoms with van der Waals surface area (Å²) in [7, 11) is 0. The van der Waals surface area contributed by atoms with Crippen molar-refractivity contribution in [3.05, 3.63) is 12.2 Å². The molecule has 2 atom stereocenters. The van der Waals surface area contributed by atoms with Crippen molar-refractivity contribution in [2.24, 2.45) is 0 Å². The maximum atomic E-state index is 12.5. The molecule has 0 fully saturated rings. The summed E-state index contributed by atoms with van der Waals surface area (Å²) in [5, 5.41) is 23.2. The first kappa shape index (κ1) is 69.6. The first-order chi connectivity index (χ1) is 35.0. The summed E-state index contributed by atoms with van der Waals surface area (Å²) in [5.41, 5.74) is 0. The van der Waals surface area contributed by atoms with Crippen molar-refractivity contribution in [2.75, 3.05) is 13.2 Å². The lowest BCUT2D eigenvalue weighted by Gasteiger charge is -2.20. The molecule has 0 spiro atoms. The van der Waals surface area contributed by atoms with Crippen molar-refractivity contribution < 1.29 is 24.5 Å². The Bertz CT molecular complexity index is 1060. The second-order valence-electron chi connectivity index (χ2n) is 22.5. The van der Waals surface area contributed by atoms with Crippen LogP contribution < -0.4 is 5.32 Å². The minimum Gasteiger partial charge on any atom is -0.466 e. The lowest BCUT2D eigenvalue weighted by Crippen LogP contribution is -2.45. The van der Waals surface area contributed by atoms with Crippen molar-refractivity contribution in [3.63, 3.8) is 0 Å². The van der Waals surface area contributed by atoms with Crippen LogP contribution in [-0.2, 0) is 14.3 Å². The summed E-state index contributed by atoms with van der Waals surface area (Å²) in [6.07, 6.45) is 74.0. The zero-order chi connectivity index (χ0) is 51.4. The molecule has 1 amide bonds. The van der Waals surface area contributed by atoms with Crippen molar-refractivity contribution in [1.82, 2.24) is 5.32 Å². The number of esters is 1. The second-order valence-corrected chi connectivity index (χ2v) is 22.5. The Morgan fingerprint density at radius 1 is 0.380 bits per heavy atom. The average molecular weight is 1000 g/mol. The summed E-state index contributed by atoms with van der Waals surface area (Å²) >= 11 is 0. The number of rotatable bonds is 61. The molecule has 422 valence electrons. The molecule has 0 bridgehead atoms. The van der Waals surface area contributed by atoms with Gasteiger partial charge in [-0.25, -0.2) is 0 Å². The lowest BCUT2D eigenvalue weighted by atomic mass is 10.0. The van der Waals surface area contributed by atoms with Gasteiger partial charge in [0, 0.05) is 12.8 Å². The van der Waals surface area contributed by atoms with E-state index in [1.165, 1.54) is 302 Å². The van der Waals surface area contributed by atoms with Crippen molar-refractivity contribution in [1.29, 1.82) is 0 Å². The molecular formula is C65H127NO5. The standard InChI is InChI=1S/C65H127NO5/c1-3-5-7-9-11-13-15-17-19-21-27-31-35-39-43-47-51-55-59-65(70)71-60-56-52-48-44-40-36-32-28-25-23-22-24-26-30-34-38-42-46-50-54-58-64(69)66-62(61-67)63(68)57-53-49-45-41-37-33-29-20-18-16-14-12-10-8-6-4-2/h53,57,62-63,67-68H,3-52,54-56,58-61H2,1-2H3,(H,66,69)/b57-53+. The zero-order valence-electron chi connectivity index (χ0n) is 48.2. The van der Waals surface area contributed by atoms with E-state index in [2.05, 4.69) is 19.2 Å². The number of aliphatic hydroxyl groups is 2. The van der Waals surface area contributed by atoms with Gasteiger partial charge in [-0.05, 0) is 32.1 Å². The number of aliphatic hydroxyl groups excluding tert-OH is 2. The predicted molar refractivity (Wildman–Crippen MR) is 310 cm³/mol. The van der Waals surface area contributed by atoms with Crippen LogP contribution in [0.2, 0.25) is 0 Å². The van der Waals surface area contributed by atoms with E-state index in [4.69, 9.17) is 4.74 Å². The molecule has 3 N–H and O–H groups in total. The first-order valence-electron chi connectivity index (χ1n) is 32.5. The van der Waals surface area contributed by atoms with E-state index in [1.807, 2.05) is 6.08 Å². The van der Waals surface area contributed by atoms with Crippen LogP contribution in [0.25, 0.3) is 0 Å². The van der Waals surface area contributed by atoms with Gasteiger partial charge in [0.2, 0.25) is 5.91 Å². The van der Waals surface area contributed by atoms with Gasteiger partial charge in [-0.15, -0.1) is 0 Å². The predicted octanol–water partition coefficient (Wildman–Crippen LogP) is 20.4. The van der Waals surface area contributed by atoms with Crippen molar-refractivity contribution in [2.45, 2.75) is 379 Å². The van der Waals surface area contributed by atoms with Crippen LogP contribution in [0.4, 0.5) is 0 Å². The minimum atomic E-state index is -0.845. The van der Waals surface area contributed by atoms with Gasteiger partial charge in [0.25, 0.3) is 0 Å². The molecule has 0 aromatic heterocycles. The van der Waals surface area contributed by atoms with Gasteiger partial charge in [-0.1, -0.05) is 334 Å². The van der Waals surface area contributed by atoms with Crippen LogP contribution in [0.1, 0.15) is 367 Å². The molecule has 0 saturated heterocycles. The van der Waals surface area contributed by atoms with E-state index in [0.717, 1.165) is 38.5 Å². The number of allylic oxidation sites excluding steroid dienone is 1. The van der Waals surface area contributed by atoms with E-state index in [1.54, 1.807) is 6.08 Å². The molecule has 0 radical (unpaired) electrons. The van der Waals surface area contributed by atoms with Crippen molar-refractivity contribution >= 4 is 11.9 Å². The van der Waals surface area contributed by atoms with Gasteiger partial charge in [0.05, 0.1) is 25.4 Å². The summed E-state index contributed by atoms with van der Waals surface area (Å²) in [5.74, 6) is -0.0517. The van der Waals surface area contributed by atoms with Gasteiger partial charge < -0.3 is 20.3 Å². The number of carbonyl (C=O) groups excluding carboxylic acids is 2. The molecule has 0 heterocycles. The molecule has 2 unspecified atom stereocenters. The molecule has 0 aliphatic heterocycles. The third kappa shape index (κ3) is 57.7. The summed E-state index contributed by atoms with van der Waals surface area (Å²) < 4.78 is 5.50. The summed E-state index contributed by atoms with van der Waals surface area (Å²) in [6, 6.07) is -0.628. The Balaban J connectivity index is 3.38. The molecule has 6 nitrogen and oxygen atoms in total. The Morgan fingerprint density at radius 3 is 0.958 bits per heavy atom. The minimum absolute atomic E-state index is 0.0152. The molecule has 6 heteroatoms. The van der Waals surface area contributed by atoms with E-state index >= 15 is 0 Å². The van der Waals surface area contributed by atoms with Gasteiger partial charge in [-0.2, -0.15) is 0 Å². The number of hydrogen-bond donors (Lipinski definition) is 3. The molecule has 0 aliphatic rings. The van der Waals surface area contributed by atoms with Crippen LogP contribution in [-0.4, -0.2) is 47.4 Å². The number of amides is 1. The van der Waals surface area contributed by atoms with Crippen LogP contribution in [0.5, 0.6) is 0 Å². The largest absolute Gasteiger partial charge is 0.466 e. The van der Waals surface area contributed by atoms with Gasteiger partial charge in [0.1, 0.15) is 0 Å². The molecule has 0 aromatic rings. The SMILES string of the molecule is CCCCCCCCCCCCCCCC/C=C/C(O)C(CO)NC(=O)CCCCCCCCCCCCCCCCCCCCCCOC(=O)CCCCCCCCCCCCCCCCCCCC. The number of carbonyl (C=O) groups is 2. The number of ether oxygens (including phenoxy) is 1. The molecule has 0 aliphatic carbocycles. The monoisotopic (exact) mass is 1000 g/mol. The fourth-order valence-corrected chi connectivity index (χ4v) is 10.3. The molecule has 0 rings (SSSR count). The highest BCUT2D eigenvalue weighted by molar-refractivity contribution is 5.76. The highest BCUT2D eigenvalue weighted by atomic mass is 16.5. The zero-order valence-corrected chi connectivity index (χ0v) is 48.2. The maximum absolute atomic E-state index is 12.5. The fraction of sp³-hybridized carbons (Fsp3) is 0.938. The smallest absolute Gasteiger partial charge is 0.305 e. The lowest BCUT2D eigenvalue weighted by molar-refractivity contribution is -0.143. The van der Waals surface area contributed by atoms with Crippen LogP contribution in [0.3, 0.4) is 0 Å². The van der Waals surface area contributed by atoms with Gasteiger partial charge in [-0.3, -0.25) is 9.59 Å². The summed E-state index contributed by atoms with van der Waals surface area (Å²) in [6.45, 7) is 4.94. The van der Waals surface area contributed by atoms with E-state index in [0.29, 0.717) is 19.4 Å². The Morgan fingerprint density at radius 2 is 0.648 bits per heavy atom. The summed E-state index contributed by atoms with van der Waals surface area (Å²) in [4.78, 5) is 24.6. The van der Waals surface area contributed by atoms with E-state index in [9.17, 15) is 19.8 Å². The normalized spacial score (nSPS) is 12.6. The number of hydrogen-bond acceptors (Lipinski definition) is 5. The Kier molecular flexibility index (Phi) is 59.9. The second kappa shape index (κ2) is 61.1. The molecule has 0 aromatic carbocycles. The first-order valence-corrected chi connectivity index (χ1v) is 32.5. The van der Waals surface area contributed by atoms with Crippen molar-refractivity contribution in [3.8, 4) is 0 Å². The van der Waals surface area contributed by atoms with Crippen LogP contribution in [0, 0.1) is 0 Å². The molecule has 71 heavy (non-hydrogen) atoms. The maximum Gasteiger partial charge on any atom is 0.305 e. The number of unbranched alkanes of at least 4 members (excludes halogenated alkanes) is 50. The third-order valence-corrected chi connectivity index (χ3v) is 15.3. The highest BCUT2D eigenvalue weighted by Crippen LogP contribution is 2.18. The van der Waals surface area contributed by atoms with Crippen LogP contribution in [0.15, 0.2) is 12.2 Å². The van der Waals surface area contributed by atoms with Gasteiger partial charge in [0.15, 0.2) is 0 Å². The third-order valence-electron chi connectivity index (χ3n) is 15.3. The highest BCUT2D eigenvalue weighted by Gasteiger charge is 2.18. The fourth-order valence-electron chi connectivity index (χ4n) is 10.3. The van der Waals surface area contributed by atoms with Crippen LogP contribution >= 0.6 is 0 Å². The van der Waals surface area contributed by atoms with Gasteiger partial charge >= 0.3 is 5.97 Å². The topological polar surface area (TPSA) is 95.9 Å². The van der Waals surface area contributed by atoms with E-state index < -0.39 is 12.1 Å². The molecule has 0 saturated carbocycles. The Hall–Kier alpha value is -1.40.